The number of nitrogens with zero attached hydrogens (tertiary/aromatic N) is 3. The van der Waals surface area contributed by atoms with Gasteiger partial charge in [-0.25, -0.2) is 0 Å². The molecule has 2 rings (SSSR count). The van der Waals surface area contributed by atoms with Gasteiger partial charge in [-0.1, -0.05) is 12.1 Å². The number of rotatable bonds is 5. The van der Waals surface area contributed by atoms with Gasteiger partial charge in [0.25, 0.3) is 0 Å². The maximum absolute atomic E-state index is 8.93. The topological polar surface area (TPSA) is 97.6 Å². The van der Waals surface area contributed by atoms with Crippen LogP contribution in [0, 0.1) is 0 Å². The van der Waals surface area contributed by atoms with E-state index in [1.807, 2.05) is 0 Å². The third-order valence-electron chi connectivity index (χ3n) is 2.95. The Hall–Kier alpha value is -1.02. The normalized spacial score (nSPS) is 23.2. The van der Waals surface area contributed by atoms with Crippen LogP contribution in [0.5, 0.6) is 0 Å². The van der Waals surface area contributed by atoms with E-state index in [0.717, 1.165) is 26.1 Å². The Morgan fingerprint density at radius 1 is 1.61 bits per heavy atom. The van der Waals surface area contributed by atoms with E-state index in [-0.39, 0.29) is 18.6 Å². The zero-order valence-corrected chi connectivity index (χ0v) is 10.6. The molecule has 0 bridgehead atoms. The van der Waals surface area contributed by atoms with Gasteiger partial charge in [0.2, 0.25) is 11.7 Å². The number of nitrogens with two attached hydrogens (primary N) is 1. The van der Waals surface area contributed by atoms with Crippen molar-refractivity contribution in [1.82, 2.24) is 15.0 Å². The van der Waals surface area contributed by atoms with Crippen LogP contribution in [0.15, 0.2) is 4.52 Å². The zero-order chi connectivity index (χ0) is 13.0. The Labute approximate surface area is 106 Å². The monoisotopic (exact) mass is 256 g/mol. The molecule has 1 fully saturated rings. The third-order valence-corrected chi connectivity index (χ3v) is 2.95. The minimum absolute atomic E-state index is 0.173. The fourth-order valence-corrected chi connectivity index (χ4v) is 1.98. The van der Waals surface area contributed by atoms with Crippen LogP contribution in [0.4, 0.5) is 0 Å². The highest BCUT2D eigenvalue weighted by Gasteiger charge is 2.26. The van der Waals surface area contributed by atoms with E-state index in [9.17, 15) is 0 Å². The molecule has 2 atom stereocenters. The first-order valence-corrected chi connectivity index (χ1v) is 6.28. The molecule has 1 saturated heterocycles. The second-order valence-corrected chi connectivity index (χ2v) is 4.44. The van der Waals surface area contributed by atoms with Crippen LogP contribution in [-0.2, 0) is 4.74 Å². The number of aromatic nitrogens is 2. The smallest absolute Gasteiger partial charge is 0.246 e. The molecule has 3 N–H and O–H groups in total. The molecule has 1 aliphatic rings. The minimum Gasteiger partial charge on any atom is -0.394 e. The molecule has 1 aromatic rings. The molecule has 1 unspecified atom stereocenters. The fraction of sp³-hybridized carbons (Fsp3) is 0.818. The number of ether oxygens (including phenoxy) is 1. The van der Waals surface area contributed by atoms with E-state index in [1.165, 1.54) is 0 Å². The number of aliphatic hydroxyl groups is 1. The summed E-state index contributed by atoms with van der Waals surface area (Å²) in [7, 11) is 0. The Bertz CT molecular complexity index is 369. The van der Waals surface area contributed by atoms with Gasteiger partial charge in [0.05, 0.1) is 13.2 Å². The first-order chi connectivity index (χ1) is 8.74. The molecule has 7 nitrogen and oxygen atoms in total. The summed E-state index contributed by atoms with van der Waals surface area (Å²) in [5, 5.41) is 12.8. The second-order valence-electron chi connectivity index (χ2n) is 4.44. The van der Waals surface area contributed by atoms with Gasteiger partial charge in [-0.3, -0.25) is 4.90 Å². The fourth-order valence-electron chi connectivity index (χ4n) is 1.98. The lowest BCUT2D eigenvalue weighted by atomic mass is 10.2. The maximum atomic E-state index is 8.93. The highest BCUT2D eigenvalue weighted by atomic mass is 16.5. The van der Waals surface area contributed by atoms with Gasteiger partial charge in [-0.15, -0.1) is 0 Å². The standard InChI is InChI=1S/C11H20N4O3/c1-2-3-15-4-5-17-9(6-15)10-13-11(18-14-10)8(12)7-16/h8-9,16H,2-7,12H2,1H3/t8-,9?/m0/s1. The summed E-state index contributed by atoms with van der Waals surface area (Å²) in [5.41, 5.74) is 5.61. The van der Waals surface area contributed by atoms with Gasteiger partial charge in [-0.05, 0) is 13.0 Å². The van der Waals surface area contributed by atoms with Crippen LogP contribution >= 0.6 is 0 Å². The summed E-state index contributed by atoms with van der Waals surface area (Å²) in [6.07, 6.45) is 0.938. The molecular weight excluding hydrogens is 236 g/mol. The molecule has 0 amide bonds. The Kier molecular flexibility index (Phi) is 4.65. The number of aliphatic hydroxyl groups excluding tert-OH is 1. The summed E-state index contributed by atoms with van der Waals surface area (Å²) < 4.78 is 10.7. The van der Waals surface area contributed by atoms with Gasteiger partial charge < -0.3 is 20.1 Å². The predicted octanol–water partition coefficient (Wildman–Crippen LogP) is -0.155. The molecule has 2 heterocycles. The molecule has 1 aliphatic heterocycles. The van der Waals surface area contributed by atoms with Crippen LogP contribution in [0.2, 0.25) is 0 Å². The van der Waals surface area contributed by atoms with Crippen molar-refractivity contribution in [3.05, 3.63) is 11.7 Å². The van der Waals surface area contributed by atoms with Crippen LogP contribution in [0.25, 0.3) is 0 Å². The highest BCUT2D eigenvalue weighted by molar-refractivity contribution is 4.97. The predicted molar refractivity (Wildman–Crippen MR) is 63.7 cm³/mol. The van der Waals surface area contributed by atoms with E-state index in [2.05, 4.69) is 22.0 Å². The summed E-state index contributed by atoms with van der Waals surface area (Å²) in [5.74, 6) is 0.762. The van der Waals surface area contributed by atoms with E-state index in [4.69, 9.17) is 20.1 Å². The van der Waals surface area contributed by atoms with Crippen molar-refractivity contribution in [2.45, 2.75) is 25.5 Å². The first kappa shape index (κ1) is 13.4. The van der Waals surface area contributed by atoms with Gasteiger partial charge in [0.15, 0.2) is 0 Å². The molecular formula is C11H20N4O3. The summed E-state index contributed by atoms with van der Waals surface area (Å²) in [6.45, 7) is 5.35. The van der Waals surface area contributed by atoms with Crippen molar-refractivity contribution >= 4 is 0 Å². The van der Waals surface area contributed by atoms with E-state index >= 15 is 0 Å². The Morgan fingerprint density at radius 3 is 3.17 bits per heavy atom. The molecule has 0 spiro atoms. The lowest BCUT2D eigenvalue weighted by Gasteiger charge is -2.30. The number of hydrogen-bond donors (Lipinski definition) is 2. The average molecular weight is 256 g/mol. The van der Waals surface area contributed by atoms with Gasteiger partial charge in [0, 0.05) is 13.1 Å². The van der Waals surface area contributed by atoms with Crippen molar-refractivity contribution in [2.75, 3.05) is 32.8 Å². The van der Waals surface area contributed by atoms with Crippen LogP contribution < -0.4 is 5.73 Å². The summed E-state index contributed by atoms with van der Waals surface area (Å²) >= 11 is 0. The van der Waals surface area contributed by atoms with Crippen LogP contribution in [0.1, 0.15) is 37.2 Å². The second kappa shape index (κ2) is 6.24. The first-order valence-electron chi connectivity index (χ1n) is 6.28. The van der Waals surface area contributed by atoms with Crippen molar-refractivity contribution in [3.63, 3.8) is 0 Å². The lowest BCUT2D eigenvalue weighted by molar-refractivity contribution is -0.0350. The molecule has 102 valence electrons. The molecule has 0 saturated carbocycles. The van der Waals surface area contributed by atoms with Crippen molar-refractivity contribution in [1.29, 1.82) is 0 Å². The molecule has 0 aliphatic carbocycles. The molecule has 7 heteroatoms. The van der Waals surface area contributed by atoms with Crippen LogP contribution in [-0.4, -0.2) is 53.0 Å². The summed E-state index contributed by atoms with van der Waals surface area (Å²) in [4.78, 5) is 6.50. The van der Waals surface area contributed by atoms with Crippen molar-refractivity contribution in [2.24, 2.45) is 5.73 Å². The quantitative estimate of drug-likeness (QED) is 0.755. The highest BCUT2D eigenvalue weighted by Crippen LogP contribution is 2.20. The van der Waals surface area contributed by atoms with E-state index < -0.39 is 6.04 Å². The van der Waals surface area contributed by atoms with Gasteiger partial charge >= 0.3 is 0 Å². The van der Waals surface area contributed by atoms with E-state index in [0.29, 0.717) is 12.4 Å². The van der Waals surface area contributed by atoms with Gasteiger partial charge in [0.1, 0.15) is 12.1 Å². The SMILES string of the molecule is CCCN1CCOC(c2noc([C@@H](N)CO)n2)C1. The zero-order valence-electron chi connectivity index (χ0n) is 10.6. The molecule has 0 radical (unpaired) electrons. The molecule has 18 heavy (non-hydrogen) atoms. The van der Waals surface area contributed by atoms with Crippen molar-refractivity contribution in [3.8, 4) is 0 Å². The molecule has 0 aromatic carbocycles. The lowest BCUT2D eigenvalue weighted by Crippen LogP contribution is -2.39. The van der Waals surface area contributed by atoms with Crippen LogP contribution in [0.3, 0.4) is 0 Å². The average Bonchev–Trinajstić information content (AvgIpc) is 2.88. The number of morpholine rings is 1. The van der Waals surface area contributed by atoms with E-state index in [1.54, 1.807) is 0 Å². The molecule has 1 aromatic heterocycles. The minimum atomic E-state index is -0.624. The van der Waals surface area contributed by atoms with Crippen molar-refractivity contribution < 1.29 is 14.4 Å². The Morgan fingerprint density at radius 2 is 2.44 bits per heavy atom. The number of hydrogen-bond acceptors (Lipinski definition) is 7. The largest absolute Gasteiger partial charge is 0.394 e. The summed E-state index contributed by atoms with van der Waals surface area (Å²) in [6, 6.07) is -0.624. The maximum Gasteiger partial charge on any atom is 0.246 e. The Balaban J connectivity index is 2.00. The third kappa shape index (κ3) is 3.05. The van der Waals surface area contributed by atoms with Gasteiger partial charge in [-0.2, -0.15) is 4.98 Å².